The van der Waals surface area contributed by atoms with Gasteiger partial charge in [-0.05, 0) is 24.6 Å². The van der Waals surface area contributed by atoms with Crippen molar-refractivity contribution in [1.82, 2.24) is 14.9 Å². The quantitative estimate of drug-likeness (QED) is 0.759. The SMILES string of the molecule is Cc1[nH]ncc1CNS(=O)(=O)c1cc(F)ccc1CN. The Morgan fingerprint density at radius 3 is 2.75 bits per heavy atom. The van der Waals surface area contributed by atoms with Gasteiger partial charge in [0.1, 0.15) is 5.82 Å². The highest BCUT2D eigenvalue weighted by Crippen LogP contribution is 2.17. The van der Waals surface area contributed by atoms with Crippen molar-refractivity contribution in [3.05, 3.63) is 47.0 Å². The Morgan fingerprint density at radius 1 is 1.40 bits per heavy atom. The van der Waals surface area contributed by atoms with Crippen molar-refractivity contribution in [3.63, 3.8) is 0 Å². The van der Waals surface area contributed by atoms with Crippen LogP contribution in [0.1, 0.15) is 16.8 Å². The minimum absolute atomic E-state index is 0.0151. The molecule has 20 heavy (non-hydrogen) atoms. The molecule has 2 aromatic rings. The molecule has 0 amide bonds. The zero-order chi connectivity index (χ0) is 14.8. The number of hydrogen-bond acceptors (Lipinski definition) is 4. The number of nitrogens with one attached hydrogen (secondary N) is 2. The van der Waals surface area contributed by atoms with Crippen LogP contribution in [0.15, 0.2) is 29.3 Å². The lowest BCUT2D eigenvalue weighted by Gasteiger charge is -2.10. The van der Waals surface area contributed by atoms with Crippen LogP contribution in [0.25, 0.3) is 0 Å². The molecule has 1 heterocycles. The minimum atomic E-state index is -3.83. The van der Waals surface area contributed by atoms with Gasteiger partial charge in [0.05, 0.1) is 11.1 Å². The second kappa shape index (κ2) is 5.70. The number of aromatic amines is 1. The molecule has 0 aliphatic heterocycles. The van der Waals surface area contributed by atoms with Crippen LogP contribution in [0.2, 0.25) is 0 Å². The summed E-state index contributed by atoms with van der Waals surface area (Å²) in [7, 11) is -3.83. The van der Waals surface area contributed by atoms with E-state index < -0.39 is 15.8 Å². The number of aromatic nitrogens is 2. The van der Waals surface area contributed by atoms with Gasteiger partial charge in [0, 0.05) is 24.3 Å². The topological polar surface area (TPSA) is 101 Å². The molecule has 8 heteroatoms. The van der Waals surface area contributed by atoms with Crippen LogP contribution in [0.5, 0.6) is 0 Å². The second-order valence-corrected chi connectivity index (χ2v) is 6.04. The lowest BCUT2D eigenvalue weighted by molar-refractivity contribution is 0.575. The van der Waals surface area contributed by atoms with Gasteiger partial charge in [0.25, 0.3) is 0 Å². The van der Waals surface area contributed by atoms with Gasteiger partial charge in [-0.15, -0.1) is 0 Å². The van der Waals surface area contributed by atoms with Crippen molar-refractivity contribution >= 4 is 10.0 Å². The first-order valence-electron chi connectivity index (χ1n) is 5.91. The van der Waals surface area contributed by atoms with E-state index in [0.717, 1.165) is 17.3 Å². The molecule has 2 rings (SSSR count). The molecule has 0 saturated carbocycles. The third-order valence-electron chi connectivity index (χ3n) is 2.93. The standard InChI is InChI=1S/C12H15FN4O2S/c1-8-10(6-15-17-8)7-16-20(18,19)12-4-11(13)3-2-9(12)5-14/h2-4,6,16H,5,7,14H2,1H3,(H,15,17). The fourth-order valence-electron chi connectivity index (χ4n) is 1.75. The van der Waals surface area contributed by atoms with Gasteiger partial charge in [-0.3, -0.25) is 5.10 Å². The summed E-state index contributed by atoms with van der Waals surface area (Å²) in [5.74, 6) is -0.623. The summed E-state index contributed by atoms with van der Waals surface area (Å²) in [6.07, 6.45) is 1.53. The summed E-state index contributed by atoms with van der Waals surface area (Å²) < 4.78 is 40.1. The molecule has 1 aromatic heterocycles. The summed E-state index contributed by atoms with van der Waals surface area (Å²) in [6, 6.07) is 3.52. The molecule has 1 aromatic carbocycles. The highest BCUT2D eigenvalue weighted by atomic mass is 32.2. The lowest BCUT2D eigenvalue weighted by atomic mass is 10.2. The Morgan fingerprint density at radius 2 is 2.15 bits per heavy atom. The predicted molar refractivity (Wildman–Crippen MR) is 71.6 cm³/mol. The Balaban J connectivity index is 2.26. The average molecular weight is 298 g/mol. The maximum atomic E-state index is 13.2. The molecule has 6 nitrogen and oxygen atoms in total. The first kappa shape index (κ1) is 14.6. The van der Waals surface area contributed by atoms with E-state index in [1.165, 1.54) is 18.3 Å². The van der Waals surface area contributed by atoms with Crippen molar-refractivity contribution in [3.8, 4) is 0 Å². The smallest absolute Gasteiger partial charge is 0.241 e. The van der Waals surface area contributed by atoms with Crippen LogP contribution in [0, 0.1) is 12.7 Å². The third-order valence-corrected chi connectivity index (χ3v) is 4.41. The van der Waals surface area contributed by atoms with Crippen LogP contribution in [0.3, 0.4) is 0 Å². The predicted octanol–water partition coefficient (Wildman–Crippen LogP) is 0.794. The number of halogens is 1. The molecule has 4 N–H and O–H groups in total. The van der Waals surface area contributed by atoms with Crippen LogP contribution in [0.4, 0.5) is 4.39 Å². The minimum Gasteiger partial charge on any atom is -0.326 e. The Hall–Kier alpha value is -1.77. The van der Waals surface area contributed by atoms with Crippen molar-refractivity contribution in [2.45, 2.75) is 24.9 Å². The number of hydrogen-bond donors (Lipinski definition) is 3. The molecule has 0 fully saturated rings. The Kier molecular flexibility index (Phi) is 4.17. The van der Waals surface area contributed by atoms with Crippen molar-refractivity contribution in [1.29, 1.82) is 0 Å². The van der Waals surface area contributed by atoms with E-state index in [4.69, 9.17) is 5.73 Å². The molecule has 0 saturated heterocycles. The first-order valence-corrected chi connectivity index (χ1v) is 7.39. The summed E-state index contributed by atoms with van der Waals surface area (Å²) >= 11 is 0. The second-order valence-electron chi connectivity index (χ2n) is 4.30. The van der Waals surface area contributed by atoms with Gasteiger partial charge in [0.15, 0.2) is 0 Å². The number of H-pyrrole nitrogens is 1. The zero-order valence-corrected chi connectivity index (χ0v) is 11.7. The maximum absolute atomic E-state index is 13.2. The van der Waals surface area contributed by atoms with E-state index in [2.05, 4.69) is 14.9 Å². The fraction of sp³-hybridized carbons (Fsp3) is 0.250. The van der Waals surface area contributed by atoms with E-state index in [-0.39, 0.29) is 18.0 Å². The number of nitrogens with two attached hydrogens (primary N) is 1. The van der Waals surface area contributed by atoms with Crippen LogP contribution in [-0.4, -0.2) is 18.6 Å². The molecule has 0 bridgehead atoms. The van der Waals surface area contributed by atoms with Crippen LogP contribution in [-0.2, 0) is 23.1 Å². The van der Waals surface area contributed by atoms with E-state index in [1.54, 1.807) is 6.92 Å². The third kappa shape index (κ3) is 3.03. The molecule has 0 unspecified atom stereocenters. The Bertz CT molecular complexity index is 712. The normalized spacial score (nSPS) is 11.8. The molecule has 0 spiro atoms. The van der Waals surface area contributed by atoms with Gasteiger partial charge in [0.2, 0.25) is 10.0 Å². The molecule has 0 aliphatic rings. The highest BCUT2D eigenvalue weighted by Gasteiger charge is 2.19. The summed E-state index contributed by atoms with van der Waals surface area (Å²) in [4.78, 5) is -0.138. The van der Waals surface area contributed by atoms with Crippen molar-refractivity contribution < 1.29 is 12.8 Å². The van der Waals surface area contributed by atoms with Crippen LogP contribution < -0.4 is 10.5 Å². The number of sulfonamides is 1. The van der Waals surface area contributed by atoms with E-state index in [9.17, 15) is 12.8 Å². The van der Waals surface area contributed by atoms with Gasteiger partial charge < -0.3 is 5.73 Å². The van der Waals surface area contributed by atoms with E-state index >= 15 is 0 Å². The highest BCUT2D eigenvalue weighted by molar-refractivity contribution is 7.89. The van der Waals surface area contributed by atoms with Gasteiger partial charge >= 0.3 is 0 Å². The molecule has 0 aliphatic carbocycles. The van der Waals surface area contributed by atoms with Gasteiger partial charge in [-0.25, -0.2) is 17.5 Å². The number of benzene rings is 1. The molecular formula is C12H15FN4O2S. The number of aryl methyl sites for hydroxylation is 1. The summed E-state index contributed by atoms with van der Waals surface area (Å²) in [5, 5.41) is 6.51. The monoisotopic (exact) mass is 298 g/mol. The molecule has 0 atom stereocenters. The number of rotatable bonds is 5. The largest absolute Gasteiger partial charge is 0.326 e. The van der Waals surface area contributed by atoms with Gasteiger partial charge in [-0.1, -0.05) is 6.07 Å². The van der Waals surface area contributed by atoms with Crippen LogP contribution >= 0.6 is 0 Å². The molecular weight excluding hydrogens is 283 g/mol. The Labute approximate surface area is 116 Å². The first-order chi connectivity index (χ1) is 9.44. The maximum Gasteiger partial charge on any atom is 0.241 e. The zero-order valence-electron chi connectivity index (χ0n) is 10.9. The van der Waals surface area contributed by atoms with Crippen molar-refractivity contribution in [2.75, 3.05) is 0 Å². The average Bonchev–Trinajstić information content (AvgIpc) is 2.82. The van der Waals surface area contributed by atoms with Gasteiger partial charge in [-0.2, -0.15) is 5.10 Å². The lowest BCUT2D eigenvalue weighted by Crippen LogP contribution is -2.25. The van der Waals surface area contributed by atoms with Crippen molar-refractivity contribution in [2.24, 2.45) is 5.73 Å². The summed E-state index contributed by atoms with van der Waals surface area (Å²) in [6.45, 7) is 1.87. The summed E-state index contributed by atoms with van der Waals surface area (Å²) in [5.41, 5.74) is 7.34. The molecule has 0 radical (unpaired) electrons. The number of nitrogens with zero attached hydrogens (tertiary/aromatic N) is 1. The van der Waals surface area contributed by atoms with E-state index in [0.29, 0.717) is 5.56 Å². The molecule has 108 valence electrons. The van der Waals surface area contributed by atoms with E-state index in [1.807, 2.05) is 0 Å². The fourth-order valence-corrected chi connectivity index (χ4v) is 3.02.